The van der Waals surface area contributed by atoms with Crippen LogP contribution in [0.5, 0.6) is 11.5 Å². The summed E-state index contributed by atoms with van der Waals surface area (Å²) in [6.45, 7) is -0.200. The van der Waals surface area contributed by atoms with E-state index in [-0.39, 0.29) is 12.4 Å². The van der Waals surface area contributed by atoms with Crippen LogP contribution in [0.1, 0.15) is 5.56 Å². The number of carbonyl (C=O) groups is 1. The predicted molar refractivity (Wildman–Crippen MR) is 112 cm³/mol. The minimum Gasteiger partial charge on any atom is -0.507 e. The van der Waals surface area contributed by atoms with Crippen molar-refractivity contribution in [2.24, 2.45) is 5.10 Å². The summed E-state index contributed by atoms with van der Waals surface area (Å²) >= 11 is 12.2. The summed E-state index contributed by atoms with van der Waals surface area (Å²) in [5.74, 6) is 0.193. The summed E-state index contributed by atoms with van der Waals surface area (Å²) in [4.78, 5) is 11.8. The zero-order chi connectivity index (χ0) is 17.7. The molecule has 0 fully saturated rings. The molecule has 2 rings (SSSR count). The van der Waals surface area contributed by atoms with E-state index in [0.29, 0.717) is 20.3 Å². The van der Waals surface area contributed by atoms with Gasteiger partial charge < -0.3 is 9.84 Å². The molecule has 0 aromatic heterocycles. The number of ether oxygens (including phenoxy) is 1. The zero-order valence-corrected chi connectivity index (χ0v) is 18.8. The van der Waals surface area contributed by atoms with Gasteiger partial charge in [-0.05, 0) is 84.8 Å². The molecule has 24 heavy (non-hydrogen) atoms. The molecule has 0 saturated heterocycles. The van der Waals surface area contributed by atoms with Gasteiger partial charge in [-0.25, -0.2) is 5.43 Å². The van der Waals surface area contributed by atoms with Gasteiger partial charge in [-0.15, -0.1) is 0 Å². The Morgan fingerprint density at radius 2 is 1.92 bits per heavy atom. The maximum Gasteiger partial charge on any atom is 0.277 e. The Balaban J connectivity index is 1.92. The van der Waals surface area contributed by atoms with Crippen molar-refractivity contribution in [1.82, 2.24) is 5.43 Å². The lowest BCUT2D eigenvalue weighted by molar-refractivity contribution is -0.123. The fourth-order valence-corrected chi connectivity index (χ4v) is 4.64. The van der Waals surface area contributed by atoms with Gasteiger partial charge in [0, 0.05) is 13.6 Å². The normalized spacial score (nSPS) is 10.8. The molecule has 2 N–H and O–H groups in total. The topological polar surface area (TPSA) is 70.9 Å². The molecule has 1 amide bonds. The summed E-state index contributed by atoms with van der Waals surface area (Å²) < 4.78 is 8.73. The average molecular weight is 633 g/mol. The fourth-order valence-electron chi connectivity index (χ4n) is 1.64. The van der Waals surface area contributed by atoms with Crippen LogP contribution in [0.3, 0.4) is 0 Å². The maximum atomic E-state index is 11.8. The molecule has 5 nitrogen and oxygen atoms in total. The van der Waals surface area contributed by atoms with Gasteiger partial charge in [0.15, 0.2) is 6.61 Å². The lowest BCUT2D eigenvalue weighted by Gasteiger charge is -2.09. The highest BCUT2D eigenvalue weighted by atomic mass is 127. The number of carbonyl (C=O) groups excluding carboxylic acids is 1. The molecular weight excluding hydrogens is 623 g/mol. The van der Waals surface area contributed by atoms with Crippen LogP contribution in [0.4, 0.5) is 0 Å². The van der Waals surface area contributed by atoms with Gasteiger partial charge in [0.05, 0.1) is 15.2 Å². The van der Waals surface area contributed by atoms with Crippen molar-refractivity contribution in [3.05, 3.63) is 52.9 Å². The zero-order valence-electron chi connectivity index (χ0n) is 11.9. The molecule has 9 heteroatoms. The number of hydrogen-bond donors (Lipinski definition) is 2. The Morgan fingerprint density at radius 1 is 1.25 bits per heavy atom. The van der Waals surface area contributed by atoms with E-state index >= 15 is 0 Å². The van der Waals surface area contributed by atoms with Crippen LogP contribution in [0, 0.1) is 3.57 Å². The molecular formula is C15H10Br3IN2O3. The van der Waals surface area contributed by atoms with Crippen LogP contribution >= 0.6 is 70.4 Å². The van der Waals surface area contributed by atoms with Gasteiger partial charge in [0.25, 0.3) is 5.91 Å². The van der Waals surface area contributed by atoms with Crippen LogP contribution < -0.4 is 10.2 Å². The monoisotopic (exact) mass is 630 g/mol. The van der Waals surface area contributed by atoms with Crippen LogP contribution in [0.2, 0.25) is 0 Å². The number of benzene rings is 2. The quantitative estimate of drug-likeness (QED) is 0.283. The number of rotatable bonds is 5. The third-order valence-electron chi connectivity index (χ3n) is 2.69. The van der Waals surface area contributed by atoms with Crippen LogP contribution in [0.15, 0.2) is 48.9 Å². The predicted octanol–water partition coefficient (Wildman–Crippen LogP) is 4.81. The highest BCUT2D eigenvalue weighted by molar-refractivity contribution is 14.1. The van der Waals surface area contributed by atoms with E-state index in [9.17, 15) is 9.90 Å². The van der Waals surface area contributed by atoms with Crippen LogP contribution in [0.25, 0.3) is 0 Å². The molecule has 2 aromatic rings. The standard InChI is InChI=1S/C15H10Br3IN2O3/c16-9-4-11(17)15(12(18)5-9)24-7-14(23)21-20-6-8-3-10(19)1-2-13(8)22/h1-6,22H,7H2,(H,21,23). The van der Waals surface area contributed by atoms with Gasteiger partial charge in [-0.3, -0.25) is 4.79 Å². The molecule has 0 spiro atoms. The first-order valence-electron chi connectivity index (χ1n) is 6.44. The van der Waals surface area contributed by atoms with Gasteiger partial charge in [-0.1, -0.05) is 15.9 Å². The van der Waals surface area contributed by atoms with E-state index in [2.05, 4.69) is 80.9 Å². The number of phenolic OH excluding ortho intramolecular Hbond substituents is 1. The van der Waals surface area contributed by atoms with E-state index in [1.807, 2.05) is 12.1 Å². The van der Waals surface area contributed by atoms with Crippen molar-refractivity contribution < 1.29 is 14.6 Å². The Kier molecular flexibility index (Phi) is 7.51. The van der Waals surface area contributed by atoms with E-state index in [0.717, 1.165) is 8.04 Å². The molecule has 126 valence electrons. The van der Waals surface area contributed by atoms with Crippen LogP contribution in [-0.2, 0) is 4.79 Å². The second-order valence-electron chi connectivity index (χ2n) is 4.48. The average Bonchev–Trinajstić information content (AvgIpc) is 2.49. The van der Waals surface area contributed by atoms with Crippen molar-refractivity contribution in [3.63, 3.8) is 0 Å². The van der Waals surface area contributed by atoms with Crippen molar-refractivity contribution in [2.75, 3.05) is 6.61 Å². The second kappa shape index (κ2) is 9.16. The molecule has 0 bridgehead atoms. The molecule has 0 aliphatic carbocycles. The largest absolute Gasteiger partial charge is 0.507 e. The maximum absolute atomic E-state index is 11.8. The number of hydrogen-bond acceptors (Lipinski definition) is 4. The lowest BCUT2D eigenvalue weighted by atomic mass is 10.2. The molecule has 0 aliphatic rings. The van der Waals surface area contributed by atoms with Crippen LogP contribution in [-0.4, -0.2) is 23.8 Å². The van der Waals surface area contributed by atoms with Crippen molar-refractivity contribution in [1.29, 1.82) is 0 Å². The summed E-state index contributed by atoms with van der Waals surface area (Å²) in [7, 11) is 0. The van der Waals surface area contributed by atoms with Gasteiger partial charge in [0.1, 0.15) is 11.5 Å². The SMILES string of the molecule is O=C(COc1c(Br)cc(Br)cc1Br)NN=Cc1cc(I)ccc1O. The van der Waals surface area contributed by atoms with E-state index in [4.69, 9.17) is 4.74 Å². The number of phenols is 1. The van der Waals surface area contributed by atoms with E-state index in [1.165, 1.54) is 6.21 Å². The number of hydrazone groups is 1. The Morgan fingerprint density at radius 3 is 2.58 bits per heavy atom. The number of amides is 1. The highest BCUT2D eigenvalue weighted by Crippen LogP contribution is 2.36. The minimum absolute atomic E-state index is 0.0902. The lowest BCUT2D eigenvalue weighted by Crippen LogP contribution is -2.24. The highest BCUT2D eigenvalue weighted by Gasteiger charge is 2.10. The molecule has 0 atom stereocenters. The van der Waals surface area contributed by atoms with Crippen molar-refractivity contribution in [2.45, 2.75) is 0 Å². The van der Waals surface area contributed by atoms with Crippen molar-refractivity contribution >= 4 is 82.5 Å². The molecule has 0 aliphatic heterocycles. The summed E-state index contributed by atoms with van der Waals surface area (Å²) in [5.41, 5.74) is 2.87. The molecule has 0 heterocycles. The molecule has 2 aromatic carbocycles. The first-order chi connectivity index (χ1) is 11.4. The fraction of sp³-hybridized carbons (Fsp3) is 0.0667. The molecule has 0 radical (unpaired) electrons. The summed E-state index contributed by atoms with van der Waals surface area (Å²) in [6, 6.07) is 8.72. The van der Waals surface area contributed by atoms with E-state index < -0.39 is 5.91 Å². The van der Waals surface area contributed by atoms with Gasteiger partial charge >= 0.3 is 0 Å². The van der Waals surface area contributed by atoms with Crippen molar-refractivity contribution in [3.8, 4) is 11.5 Å². The minimum atomic E-state index is -0.418. The first kappa shape index (κ1) is 19.7. The Labute approximate surface area is 177 Å². The molecule has 0 unspecified atom stereocenters. The first-order valence-corrected chi connectivity index (χ1v) is 9.90. The second-order valence-corrected chi connectivity index (χ2v) is 8.35. The Hall–Kier alpha value is -0.650. The van der Waals surface area contributed by atoms with Gasteiger partial charge in [0.2, 0.25) is 0 Å². The third-order valence-corrected chi connectivity index (χ3v) is 5.00. The smallest absolute Gasteiger partial charge is 0.277 e. The number of nitrogens with zero attached hydrogens (tertiary/aromatic N) is 1. The number of aromatic hydroxyl groups is 1. The third kappa shape index (κ3) is 5.71. The number of nitrogens with one attached hydrogen (secondary N) is 1. The van der Waals surface area contributed by atoms with E-state index in [1.54, 1.807) is 18.2 Å². The molecule has 0 saturated carbocycles. The summed E-state index contributed by atoms with van der Waals surface area (Å²) in [6.07, 6.45) is 1.38. The summed E-state index contributed by atoms with van der Waals surface area (Å²) in [5, 5.41) is 13.5. The number of halogens is 4. The van der Waals surface area contributed by atoms with Gasteiger partial charge in [-0.2, -0.15) is 5.10 Å². The Bertz CT molecular complexity index is 777.